The molecule has 0 radical (unpaired) electrons. The minimum Gasteiger partial charge on any atom is -0.497 e. The van der Waals surface area contributed by atoms with Gasteiger partial charge in [-0.25, -0.2) is 0 Å². The summed E-state index contributed by atoms with van der Waals surface area (Å²) in [5, 5.41) is 0. The lowest BCUT2D eigenvalue weighted by Gasteiger charge is -2.36. The first-order chi connectivity index (χ1) is 15.1. The molecular formula is C23H32N4O4. The van der Waals surface area contributed by atoms with Gasteiger partial charge in [0.2, 0.25) is 0 Å². The number of rotatable bonds is 7. The van der Waals surface area contributed by atoms with Gasteiger partial charge < -0.3 is 19.3 Å². The van der Waals surface area contributed by atoms with Gasteiger partial charge in [0.05, 0.1) is 25.9 Å². The van der Waals surface area contributed by atoms with Crippen LogP contribution in [-0.2, 0) is 14.3 Å². The molecule has 4 rings (SSSR count). The van der Waals surface area contributed by atoms with Gasteiger partial charge in [0.1, 0.15) is 11.4 Å². The number of likely N-dealkylation sites (N-methyl/N-ethyl adjacent to an activating group) is 1. The fourth-order valence-corrected chi connectivity index (χ4v) is 4.43. The third kappa shape index (κ3) is 4.61. The number of carbonyl (C=O) groups is 2. The maximum absolute atomic E-state index is 13.5. The molecule has 0 unspecified atom stereocenters. The molecule has 168 valence electrons. The van der Waals surface area contributed by atoms with E-state index in [4.69, 9.17) is 9.47 Å². The average molecular weight is 429 g/mol. The van der Waals surface area contributed by atoms with E-state index in [0.717, 1.165) is 57.1 Å². The van der Waals surface area contributed by atoms with Crippen molar-refractivity contribution < 1.29 is 19.1 Å². The van der Waals surface area contributed by atoms with Crippen LogP contribution in [0.5, 0.6) is 5.75 Å². The highest BCUT2D eigenvalue weighted by Crippen LogP contribution is 2.33. The number of benzene rings is 1. The first-order valence-electron chi connectivity index (χ1n) is 11.1. The van der Waals surface area contributed by atoms with Gasteiger partial charge in [0.15, 0.2) is 0 Å². The van der Waals surface area contributed by atoms with Crippen LogP contribution in [0.3, 0.4) is 0 Å². The molecule has 2 saturated heterocycles. The van der Waals surface area contributed by atoms with Crippen molar-refractivity contribution in [3.63, 3.8) is 0 Å². The van der Waals surface area contributed by atoms with E-state index in [-0.39, 0.29) is 11.8 Å². The van der Waals surface area contributed by atoms with E-state index >= 15 is 0 Å². The van der Waals surface area contributed by atoms with Crippen LogP contribution in [0, 0.1) is 0 Å². The van der Waals surface area contributed by atoms with Gasteiger partial charge in [-0.15, -0.1) is 0 Å². The largest absolute Gasteiger partial charge is 0.497 e. The quantitative estimate of drug-likeness (QED) is 0.594. The molecule has 31 heavy (non-hydrogen) atoms. The van der Waals surface area contributed by atoms with E-state index in [1.165, 1.54) is 4.90 Å². The smallest absolute Gasteiger partial charge is 0.277 e. The maximum Gasteiger partial charge on any atom is 0.277 e. The molecule has 8 nitrogen and oxygen atoms in total. The number of piperazine rings is 1. The molecule has 3 heterocycles. The van der Waals surface area contributed by atoms with E-state index in [2.05, 4.69) is 21.6 Å². The Hall–Kier alpha value is -2.42. The van der Waals surface area contributed by atoms with Crippen molar-refractivity contribution in [1.29, 1.82) is 0 Å². The van der Waals surface area contributed by atoms with Crippen LogP contribution < -0.4 is 4.74 Å². The first-order valence-corrected chi connectivity index (χ1v) is 11.1. The van der Waals surface area contributed by atoms with Gasteiger partial charge in [0, 0.05) is 52.4 Å². The van der Waals surface area contributed by atoms with Crippen molar-refractivity contribution >= 4 is 17.4 Å². The lowest BCUT2D eigenvalue weighted by atomic mass is 10.0. The van der Waals surface area contributed by atoms with Crippen LogP contribution in [0.1, 0.15) is 12.5 Å². The summed E-state index contributed by atoms with van der Waals surface area (Å²) in [7, 11) is 1.62. The number of hydrogen-bond acceptors (Lipinski definition) is 7. The molecule has 0 spiro atoms. The Morgan fingerprint density at radius 1 is 0.871 bits per heavy atom. The molecule has 0 bridgehead atoms. The Morgan fingerprint density at radius 2 is 1.55 bits per heavy atom. The van der Waals surface area contributed by atoms with Crippen LogP contribution >= 0.6 is 0 Å². The molecule has 3 aliphatic rings. The SMILES string of the molecule is CCN1CCN(C2=C(c3ccc(OC)cc3)C(=O)N(CCN3CCOCC3)C2=O)CC1. The zero-order valence-corrected chi connectivity index (χ0v) is 18.5. The van der Waals surface area contributed by atoms with Crippen LogP contribution in [0.4, 0.5) is 0 Å². The molecule has 2 fully saturated rings. The number of hydrogen-bond donors (Lipinski definition) is 0. The van der Waals surface area contributed by atoms with Crippen LogP contribution in [0.2, 0.25) is 0 Å². The van der Waals surface area contributed by atoms with Gasteiger partial charge in [0.25, 0.3) is 11.8 Å². The zero-order valence-electron chi connectivity index (χ0n) is 18.5. The van der Waals surface area contributed by atoms with E-state index in [9.17, 15) is 9.59 Å². The maximum atomic E-state index is 13.5. The second-order valence-corrected chi connectivity index (χ2v) is 8.09. The summed E-state index contributed by atoms with van der Waals surface area (Å²) < 4.78 is 10.7. The van der Waals surface area contributed by atoms with E-state index in [1.807, 2.05) is 24.3 Å². The predicted octanol–water partition coefficient (Wildman–Crippen LogP) is 0.745. The lowest BCUT2D eigenvalue weighted by molar-refractivity contribution is -0.138. The van der Waals surface area contributed by atoms with Crippen LogP contribution in [0.15, 0.2) is 30.0 Å². The van der Waals surface area contributed by atoms with Crippen LogP contribution in [0.25, 0.3) is 5.57 Å². The fraction of sp³-hybridized carbons (Fsp3) is 0.565. The summed E-state index contributed by atoms with van der Waals surface area (Å²) in [6, 6.07) is 7.41. The second kappa shape index (κ2) is 9.80. The third-order valence-corrected chi connectivity index (χ3v) is 6.40. The van der Waals surface area contributed by atoms with Crippen molar-refractivity contribution in [3.05, 3.63) is 35.5 Å². The highest BCUT2D eigenvalue weighted by molar-refractivity contribution is 6.35. The zero-order chi connectivity index (χ0) is 21.8. The van der Waals surface area contributed by atoms with Crippen molar-refractivity contribution in [2.75, 3.05) is 79.2 Å². The summed E-state index contributed by atoms with van der Waals surface area (Å²) in [4.78, 5) is 35.1. The number of nitrogens with zero attached hydrogens (tertiary/aromatic N) is 4. The van der Waals surface area contributed by atoms with Crippen molar-refractivity contribution in [1.82, 2.24) is 19.6 Å². The number of imide groups is 1. The van der Waals surface area contributed by atoms with Gasteiger partial charge in [-0.3, -0.25) is 19.4 Å². The summed E-state index contributed by atoms with van der Waals surface area (Å²) in [5.74, 6) is 0.355. The Balaban J connectivity index is 1.59. The Morgan fingerprint density at radius 3 is 2.16 bits per heavy atom. The molecule has 1 aromatic carbocycles. The molecule has 0 N–H and O–H groups in total. The highest BCUT2D eigenvalue weighted by atomic mass is 16.5. The van der Waals surface area contributed by atoms with E-state index in [0.29, 0.717) is 37.6 Å². The monoisotopic (exact) mass is 428 g/mol. The first kappa shape index (κ1) is 21.8. The highest BCUT2D eigenvalue weighted by Gasteiger charge is 2.42. The van der Waals surface area contributed by atoms with Crippen LogP contribution in [-0.4, -0.2) is 111 Å². The topological polar surface area (TPSA) is 65.6 Å². The summed E-state index contributed by atoms with van der Waals surface area (Å²) in [5.41, 5.74) is 1.83. The van der Waals surface area contributed by atoms with Gasteiger partial charge in [-0.2, -0.15) is 0 Å². The summed E-state index contributed by atoms with van der Waals surface area (Å²) in [6.07, 6.45) is 0. The molecule has 3 aliphatic heterocycles. The van der Waals surface area contributed by atoms with Gasteiger partial charge >= 0.3 is 0 Å². The minimum absolute atomic E-state index is 0.172. The van der Waals surface area contributed by atoms with Crippen molar-refractivity contribution in [2.45, 2.75) is 6.92 Å². The Kier molecular flexibility index (Phi) is 6.89. The summed E-state index contributed by atoms with van der Waals surface area (Å²) >= 11 is 0. The van der Waals surface area contributed by atoms with Crippen molar-refractivity contribution in [3.8, 4) is 5.75 Å². The average Bonchev–Trinajstić information content (AvgIpc) is 3.08. The second-order valence-electron chi connectivity index (χ2n) is 8.09. The number of ether oxygens (including phenoxy) is 2. The van der Waals surface area contributed by atoms with Gasteiger partial charge in [-0.1, -0.05) is 19.1 Å². The summed E-state index contributed by atoms with van der Waals surface area (Å²) in [6.45, 7) is 10.6. The normalized spacial score (nSPS) is 21.4. The number of methoxy groups -OCH3 is 1. The lowest BCUT2D eigenvalue weighted by Crippen LogP contribution is -2.48. The predicted molar refractivity (Wildman–Crippen MR) is 118 cm³/mol. The Labute approximate surface area is 184 Å². The minimum atomic E-state index is -0.198. The molecule has 0 aliphatic carbocycles. The number of morpholine rings is 1. The number of carbonyl (C=O) groups excluding carboxylic acids is 2. The fourth-order valence-electron chi connectivity index (χ4n) is 4.43. The molecule has 1 aromatic rings. The Bertz CT molecular complexity index is 824. The molecule has 8 heteroatoms. The van der Waals surface area contributed by atoms with Crippen molar-refractivity contribution in [2.24, 2.45) is 0 Å². The third-order valence-electron chi connectivity index (χ3n) is 6.40. The standard InChI is InChI=1S/C23H32N4O4/c1-3-24-8-11-26(12-9-24)21-20(18-4-6-19(30-2)7-5-18)22(28)27(23(21)29)13-10-25-14-16-31-17-15-25/h4-7H,3,8-17H2,1-2H3. The molecular weight excluding hydrogens is 396 g/mol. The van der Waals surface area contributed by atoms with E-state index in [1.54, 1.807) is 7.11 Å². The number of amides is 2. The molecule has 0 atom stereocenters. The molecule has 0 aromatic heterocycles. The van der Waals surface area contributed by atoms with E-state index < -0.39 is 0 Å². The molecule has 2 amide bonds. The van der Waals surface area contributed by atoms with Gasteiger partial charge in [-0.05, 0) is 24.2 Å². The molecule has 0 saturated carbocycles.